The maximum atomic E-state index is 12.6. The van der Waals surface area contributed by atoms with Gasteiger partial charge in [0.05, 0.1) is 5.92 Å². The van der Waals surface area contributed by atoms with Crippen molar-refractivity contribution in [1.29, 1.82) is 0 Å². The highest BCUT2D eigenvalue weighted by Gasteiger charge is 2.22. The van der Waals surface area contributed by atoms with E-state index < -0.39 is 12.0 Å². The molecule has 0 fully saturated rings. The molecular formula is C20H25N3O2. The quantitative estimate of drug-likeness (QED) is 0.756. The molecule has 0 bridgehead atoms. The molecule has 2 rings (SSSR count). The molecule has 0 heterocycles. The van der Waals surface area contributed by atoms with Crippen molar-refractivity contribution in [3.63, 3.8) is 0 Å². The molecule has 25 heavy (non-hydrogen) atoms. The molecule has 132 valence electrons. The number of aryl methyl sites for hydroxylation is 1. The van der Waals surface area contributed by atoms with Gasteiger partial charge in [-0.05, 0) is 37.1 Å². The minimum absolute atomic E-state index is 0.160. The smallest absolute Gasteiger partial charge is 0.251 e. The SMILES string of the molecule is CCNC(=O)c1ccc(C)c(NC(=O)C(C)C(N)c2ccccc2)c1. The molecule has 0 saturated heterocycles. The fourth-order valence-electron chi connectivity index (χ4n) is 2.53. The highest BCUT2D eigenvalue weighted by atomic mass is 16.2. The topological polar surface area (TPSA) is 84.2 Å². The normalized spacial score (nSPS) is 13.0. The van der Waals surface area contributed by atoms with Crippen molar-refractivity contribution in [3.05, 3.63) is 65.2 Å². The van der Waals surface area contributed by atoms with Crippen LogP contribution in [0.2, 0.25) is 0 Å². The summed E-state index contributed by atoms with van der Waals surface area (Å²) in [6, 6.07) is 14.4. The van der Waals surface area contributed by atoms with E-state index in [1.165, 1.54) is 0 Å². The van der Waals surface area contributed by atoms with Crippen molar-refractivity contribution in [1.82, 2.24) is 5.32 Å². The van der Waals surface area contributed by atoms with Crippen LogP contribution in [0.5, 0.6) is 0 Å². The van der Waals surface area contributed by atoms with Crippen molar-refractivity contribution >= 4 is 17.5 Å². The van der Waals surface area contributed by atoms with Gasteiger partial charge in [0.2, 0.25) is 5.91 Å². The molecule has 5 heteroatoms. The van der Waals surface area contributed by atoms with Gasteiger partial charge >= 0.3 is 0 Å². The van der Waals surface area contributed by atoms with Crippen LogP contribution in [0, 0.1) is 12.8 Å². The summed E-state index contributed by atoms with van der Waals surface area (Å²) in [5.74, 6) is -0.741. The van der Waals surface area contributed by atoms with Gasteiger partial charge in [-0.1, -0.05) is 43.3 Å². The van der Waals surface area contributed by atoms with Crippen LogP contribution in [0.3, 0.4) is 0 Å². The molecule has 0 aromatic heterocycles. The number of carbonyl (C=O) groups excluding carboxylic acids is 2. The average Bonchev–Trinajstić information content (AvgIpc) is 2.63. The zero-order valence-corrected chi connectivity index (χ0v) is 14.9. The summed E-state index contributed by atoms with van der Waals surface area (Å²) in [4.78, 5) is 24.6. The number of nitrogens with two attached hydrogens (primary N) is 1. The van der Waals surface area contributed by atoms with Gasteiger partial charge in [-0.25, -0.2) is 0 Å². The third-order valence-corrected chi connectivity index (χ3v) is 4.23. The predicted molar refractivity (Wildman–Crippen MR) is 100 cm³/mol. The summed E-state index contributed by atoms with van der Waals surface area (Å²) in [5, 5.41) is 5.65. The fourth-order valence-corrected chi connectivity index (χ4v) is 2.53. The lowest BCUT2D eigenvalue weighted by atomic mass is 9.94. The van der Waals surface area contributed by atoms with E-state index in [0.717, 1.165) is 11.1 Å². The van der Waals surface area contributed by atoms with Gasteiger partial charge in [0.1, 0.15) is 0 Å². The van der Waals surface area contributed by atoms with Gasteiger partial charge < -0.3 is 16.4 Å². The first-order valence-corrected chi connectivity index (χ1v) is 8.44. The van der Waals surface area contributed by atoms with E-state index in [1.807, 2.05) is 50.2 Å². The van der Waals surface area contributed by atoms with Crippen LogP contribution >= 0.6 is 0 Å². The molecule has 2 aromatic carbocycles. The van der Waals surface area contributed by atoms with E-state index in [0.29, 0.717) is 17.8 Å². The lowest BCUT2D eigenvalue weighted by Gasteiger charge is -2.20. The first-order valence-electron chi connectivity index (χ1n) is 8.44. The fraction of sp³-hybridized carbons (Fsp3) is 0.300. The molecule has 0 aliphatic rings. The van der Waals surface area contributed by atoms with Gasteiger partial charge in [0, 0.05) is 23.8 Å². The van der Waals surface area contributed by atoms with E-state index in [9.17, 15) is 9.59 Å². The van der Waals surface area contributed by atoms with E-state index in [1.54, 1.807) is 19.1 Å². The van der Waals surface area contributed by atoms with Crippen molar-refractivity contribution in [2.24, 2.45) is 11.7 Å². The van der Waals surface area contributed by atoms with Crippen LogP contribution in [-0.4, -0.2) is 18.4 Å². The summed E-state index contributed by atoms with van der Waals surface area (Å²) in [6.45, 7) is 6.10. The van der Waals surface area contributed by atoms with Crippen LogP contribution in [0.25, 0.3) is 0 Å². The van der Waals surface area contributed by atoms with Crippen LogP contribution in [0.1, 0.15) is 41.4 Å². The number of anilines is 1. The number of carbonyl (C=O) groups is 2. The Balaban J connectivity index is 2.14. The molecule has 4 N–H and O–H groups in total. The largest absolute Gasteiger partial charge is 0.352 e. The number of hydrogen-bond acceptors (Lipinski definition) is 3. The van der Waals surface area contributed by atoms with Crippen LogP contribution in [0.15, 0.2) is 48.5 Å². The maximum absolute atomic E-state index is 12.6. The van der Waals surface area contributed by atoms with Crippen LogP contribution in [0.4, 0.5) is 5.69 Å². The van der Waals surface area contributed by atoms with Gasteiger partial charge in [-0.2, -0.15) is 0 Å². The molecule has 0 spiro atoms. The summed E-state index contributed by atoms with van der Waals surface area (Å²) in [7, 11) is 0. The Labute approximate surface area is 148 Å². The molecule has 2 amide bonds. The van der Waals surface area contributed by atoms with Crippen molar-refractivity contribution < 1.29 is 9.59 Å². The van der Waals surface area contributed by atoms with Gasteiger partial charge in [-0.15, -0.1) is 0 Å². The average molecular weight is 339 g/mol. The second-order valence-electron chi connectivity index (χ2n) is 6.10. The molecule has 2 aromatic rings. The first-order chi connectivity index (χ1) is 11.9. The zero-order valence-electron chi connectivity index (χ0n) is 14.9. The maximum Gasteiger partial charge on any atom is 0.251 e. The van der Waals surface area contributed by atoms with Gasteiger partial charge in [0.25, 0.3) is 5.91 Å². The van der Waals surface area contributed by atoms with Gasteiger partial charge in [-0.3, -0.25) is 9.59 Å². The first kappa shape index (κ1) is 18.7. The lowest BCUT2D eigenvalue weighted by molar-refractivity contribution is -0.120. The minimum atomic E-state index is -0.407. The van der Waals surface area contributed by atoms with Crippen LogP contribution in [-0.2, 0) is 4.79 Å². The Morgan fingerprint density at radius 3 is 2.44 bits per heavy atom. The van der Waals surface area contributed by atoms with E-state index in [4.69, 9.17) is 5.73 Å². The molecule has 0 aliphatic carbocycles. The molecule has 5 nitrogen and oxygen atoms in total. The second-order valence-corrected chi connectivity index (χ2v) is 6.10. The standard InChI is InChI=1S/C20H25N3O2/c1-4-22-20(25)16-11-10-13(2)17(12-16)23-19(24)14(3)18(21)15-8-6-5-7-9-15/h5-12,14,18H,4,21H2,1-3H3,(H,22,25)(H,23,24). The highest BCUT2D eigenvalue weighted by Crippen LogP contribution is 2.23. The number of nitrogens with one attached hydrogen (secondary N) is 2. The van der Waals surface area contributed by atoms with Crippen LogP contribution < -0.4 is 16.4 Å². The predicted octanol–water partition coefficient (Wildman–Crippen LogP) is 3.02. The molecular weight excluding hydrogens is 314 g/mol. The third-order valence-electron chi connectivity index (χ3n) is 4.23. The lowest BCUT2D eigenvalue weighted by Crippen LogP contribution is -2.31. The Morgan fingerprint density at radius 2 is 1.80 bits per heavy atom. The minimum Gasteiger partial charge on any atom is -0.352 e. The summed E-state index contributed by atoms with van der Waals surface area (Å²) in [6.07, 6.45) is 0. The summed E-state index contributed by atoms with van der Waals surface area (Å²) >= 11 is 0. The Hall–Kier alpha value is -2.66. The highest BCUT2D eigenvalue weighted by molar-refractivity contribution is 5.98. The van der Waals surface area contributed by atoms with Crippen molar-refractivity contribution in [3.8, 4) is 0 Å². The molecule has 0 radical (unpaired) electrons. The number of benzene rings is 2. The Kier molecular flexibility index (Phi) is 6.31. The molecule has 2 unspecified atom stereocenters. The third kappa shape index (κ3) is 4.67. The molecule has 0 aliphatic heterocycles. The second kappa shape index (κ2) is 8.44. The monoisotopic (exact) mass is 339 g/mol. The van der Waals surface area contributed by atoms with E-state index >= 15 is 0 Å². The zero-order chi connectivity index (χ0) is 18.4. The van der Waals surface area contributed by atoms with Gasteiger partial charge in [0.15, 0.2) is 0 Å². The number of hydrogen-bond donors (Lipinski definition) is 3. The molecule has 2 atom stereocenters. The van der Waals surface area contributed by atoms with Crippen molar-refractivity contribution in [2.45, 2.75) is 26.8 Å². The summed E-state index contributed by atoms with van der Waals surface area (Å²) in [5.41, 5.74) is 9.17. The van der Waals surface area contributed by atoms with E-state index in [-0.39, 0.29) is 11.8 Å². The number of amides is 2. The van der Waals surface area contributed by atoms with Crippen molar-refractivity contribution in [2.75, 3.05) is 11.9 Å². The Bertz CT molecular complexity index is 744. The Morgan fingerprint density at radius 1 is 1.12 bits per heavy atom. The van der Waals surface area contributed by atoms with E-state index in [2.05, 4.69) is 10.6 Å². The number of rotatable bonds is 6. The summed E-state index contributed by atoms with van der Waals surface area (Å²) < 4.78 is 0. The molecule has 0 saturated carbocycles.